The highest BCUT2D eigenvalue weighted by Crippen LogP contribution is 2.26. The first-order valence-electron chi connectivity index (χ1n) is 5.57. The molecular formula is C14H14N2OS. The summed E-state index contributed by atoms with van der Waals surface area (Å²) in [4.78, 5) is 16.7. The Kier molecular flexibility index (Phi) is 3.89. The van der Waals surface area contributed by atoms with Gasteiger partial charge in [-0.3, -0.25) is 4.79 Å². The van der Waals surface area contributed by atoms with Crippen molar-refractivity contribution in [2.75, 3.05) is 19.0 Å². The molecule has 0 aliphatic rings. The van der Waals surface area contributed by atoms with Crippen molar-refractivity contribution in [1.29, 1.82) is 0 Å². The van der Waals surface area contributed by atoms with Crippen LogP contribution in [0.2, 0.25) is 0 Å². The molecule has 1 aromatic carbocycles. The predicted octanol–water partition coefficient (Wildman–Crippen LogP) is 3.13. The van der Waals surface area contributed by atoms with E-state index in [1.165, 1.54) is 16.5 Å². The second-order valence-electron chi connectivity index (χ2n) is 3.98. The summed E-state index contributed by atoms with van der Waals surface area (Å²) in [6.45, 7) is 0. The van der Waals surface area contributed by atoms with Gasteiger partial charge in [-0.05, 0) is 30.4 Å². The van der Waals surface area contributed by atoms with Gasteiger partial charge in [0, 0.05) is 19.8 Å². The maximum atomic E-state index is 10.1. The molecular weight excluding hydrogens is 244 g/mol. The van der Waals surface area contributed by atoms with Crippen LogP contribution >= 0.6 is 11.3 Å². The molecule has 4 heteroatoms. The minimum absolute atomic E-state index is 0.756. The lowest BCUT2D eigenvalue weighted by atomic mass is 10.3. The molecule has 1 heterocycles. The van der Waals surface area contributed by atoms with Gasteiger partial charge in [0.25, 0.3) is 0 Å². The zero-order valence-corrected chi connectivity index (χ0v) is 11.1. The average molecular weight is 258 g/mol. The van der Waals surface area contributed by atoms with Crippen molar-refractivity contribution in [3.63, 3.8) is 0 Å². The van der Waals surface area contributed by atoms with E-state index in [0.29, 0.717) is 0 Å². The molecule has 0 saturated carbocycles. The van der Waals surface area contributed by atoms with Gasteiger partial charge in [-0.1, -0.05) is 12.2 Å². The summed E-state index contributed by atoms with van der Waals surface area (Å²) >= 11 is 1.64. The summed E-state index contributed by atoms with van der Waals surface area (Å²) in [6, 6.07) is 6.22. The third-order valence-electron chi connectivity index (χ3n) is 2.44. The summed E-state index contributed by atoms with van der Waals surface area (Å²) in [6.07, 6.45) is 7.63. The predicted molar refractivity (Wildman–Crippen MR) is 78.2 cm³/mol. The molecule has 0 N–H and O–H groups in total. The minimum atomic E-state index is 0.756. The number of thiazole rings is 1. The monoisotopic (exact) mass is 258 g/mol. The van der Waals surface area contributed by atoms with Crippen molar-refractivity contribution in [3.8, 4) is 0 Å². The van der Waals surface area contributed by atoms with Gasteiger partial charge in [-0.15, -0.1) is 11.3 Å². The Bertz CT molecular complexity index is 611. The Balaban J connectivity index is 2.29. The van der Waals surface area contributed by atoms with E-state index in [4.69, 9.17) is 0 Å². The van der Waals surface area contributed by atoms with Crippen LogP contribution in [-0.2, 0) is 4.79 Å². The third kappa shape index (κ3) is 2.84. The number of hydrogen-bond acceptors (Lipinski definition) is 4. The number of nitrogens with zero attached hydrogens (tertiary/aromatic N) is 2. The molecule has 0 radical (unpaired) electrons. The number of benzene rings is 1. The quantitative estimate of drug-likeness (QED) is 0.480. The number of carbonyl (C=O) groups is 1. The smallest absolute Gasteiger partial charge is 0.142 e. The first-order chi connectivity index (χ1) is 8.70. The van der Waals surface area contributed by atoms with Crippen LogP contribution in [-0.4, -0.2) is 25.4 Å². The average Bonchev–Trinajstić information content (AvgIpc) is 2.76. The molecule has 18 heavy (non-hydrogen) atoms. The number of hydrogen-bond donors (Lipinski definition) is 0. The number of rotatable bonds is 4. The van der Waals surface area contributed by atoms with Gasteiger partial charge in [0.05, 0.1) is 10.2 Å². The molecule has 0 aliphatic carbocycles. The topological polar surface area (TPSA) is 33.2 Å². The fraction of sp³-hybridized carbons (Fsp3) is 0.143. The Hall–Kier alpha value is -1.94. The molecule has 3 nitrogen and oxygen atoms in total. The highest BCUT2D eigenvalue weighted by atomic mass is 32.1. The molecule has 0 saturated heterocycles. The van der Waals surface area contributed by atoms with Gasteiger partial charge in [0.2, 0.25) is 0 Å². The molecule has 0 amide bonds. The van der Waals surface area contributed by atoms with E-state index < -0.39 is 0 Å². The van der Waals surface area contributed by atoms with E-state index in [1.54, 1.807) is 17.4 Å². The number of allylic oxidation sites excluding steroid dienone is 3. The van der Waals surface area contributed by atoms with Crippen LogP contribution in [0.15, 0.2) is 36.4 Å². The summed E-state index contributed by atoms with van der Waals surface area (Å²) in [5, 5.41) is 0.941. The van der Waals surface area contributed by atoms with Crippen LogP contribution in [0, 0.1) is 0 Å². The van der Waals surface area contributed by atoms with Crippen LogP contribution in [0.5, 0.6) is 0 Å². The maximum absolute atomic E-state index is 10.1. The van der Waals surface area contributed by atoms with Crippen molar-refractivity contribution in [2.24, 2.45) is 0 Å². The van der Waals surface area contributed by atoms with E-state index in [2.05, 4.69) is 22.0 Å². The first kappa shape index (κ1) is 12.5. The third-order valence-corrected chi connectivity index (χ3v) is 3.43. The SMILES string of the molecule is CN(C)c1ccc2nc(C=CC=CC=O)sc2c1. The Morgan fingerprint density at radius 2 is 2.06 bits per heavy atom. The molecule has 0 spiro atoms. The van der Waals surface area contributed by atoms with Crippen molar-refractivity contribution >= 4 is 39.6 Å². The Morgan fingerprint density at radius 1 is 1.22 bits per heavy atom. The standard InChI is InChI=1S/C14H14N2OS/c1-16(2)11-7-8-12-13(10-11)18-14(15-12)6-4-3-5-9-17/h3-10H,1-2H3. The number of aldehydes is 1. The molecule has 0 fully saturated rings. The summed E-state index contributed by atoms with van der Waals surface area (Å²) < 4.78 is 1.17. The number of anilines is 1. The van der Waals surface area contributed by atoms with Gasteiger partial charge >= 0.3 is 0 Å². The van der Waals surface area contributed by atoms with E-state index in [0.717, 1.165) is 16.8 Å². The van der Waals surface area contributed by atoms with Gasteiger partial charge in [-0.2, -0.15) is 0 Å². The van der Waals surface area contributed by atoms with Crippen LogP contribution in [0.1, 0.15) is 5.01 Å². The number of aromatic nitrogens is 1. The van der Waals surface area contributed by atoms with Crippen molar-refractivity contribution in [3.05, 3.63) is 41.4 Å². The normalized spacial score (nSPS) is 11.7. The number of carbonyl (C=O) groups excluding carboxylic acids is 1. The summed E-state index contributed by atoms with van der Waals surface area (Å²) in [7, 11) is 4.04. The fourth-order valence-electron chi connectivity index (χ4n) is 1.53. The highest BCUT2D eigenvalue weighted by Gasteiger charge is 2.03. The van der Waals surface area contributed by atoms with Crippen molar-refractivity contribution < 1.29 is 4.79 Å². The molecule has 92 valence electrons. The van der Waals surface area contributed by atoms with Crippen molar-refractivity contribution in [2.45, 2.75) is 0 Å². The molecule has 2 rings (SSSR count). The molecule has 0 atom stereocenters. The maximum Gasteiger partial charge on any atom is 0.142 e. The zero-order valence-electron chi connectivity index (χ0n) is 10.3. The van der Waals surface area contributed by atoms with Crippen molar-refractivity contribution in [1.82, 2.24) is 4.98 Å². The van der Waals surface area contributed by atoms with Crippen LogP contribution in [0.25, 0.3) is 16.3 Å². The second kappa shape index (κ2) is 5.60. The van der Waals surface area contributed by atoms with Gasteiger partial charge < -0.3 is 4.90 Å². The van der Waals surface area contributed by atoms with Gasteiger partial charge in [0.1, 0.15) is 11.3 Å². The fourth-order valence-corrected chi connectivity index (χ4v) is 2.44. The van der Waals surface area contributed by atoms with Crippen LogP contribution < -0.4 is 4.90 Å². The number of fused-ring (bicyclic) bond motifs is 1. The minimum Gasteiger partial charge on any atom is -0.378 e. The zero-order chi connectivity index (χ0) is 13.0. The molecule has 0 unspecified atom stereocenters. The van der Waals surface area contributed by atoms with Crippen LogP contribution in [0.3, 0.4) is 0 Å². The van der Waals surface area contributed by atoms with E-state index in [1.807, 2.05) is 32.3 Å². The van der Waals surface area contributed by atoms with E-state index in [9.17, 15) is 4.79 Å². The lowest BCUT2D eigenvalue weighted by Gasteiger charge is -2.11. The van der Waals surface area contributed by atoms with Gasteiger partial charge in [-0.25, -0.2) is 4.98 Å². The lowest BCUT2D eigenvalue weighted by Crippen LogP contribution is -2.07. The largest absolute Gasteiger partial charge is 0.378 e. The Morgan fingerprint density at radius 3 is 2.78 bits per heavy atom. The van der Waals surface area contributed by atoms with Gasteiger partial charge in [0.15, 0.2) is 0 Å². The summed E-state index contributed by atoms with van der Waals surface area (Å²) in [5.74, 6) is 0. The molecule has 0 aliphatic heterocycles. The summed E-state index contributed by atoms with van der Waals surface area (Å²) in [5.41, 5.74) is 2.17. The van der Waals surface area contributed by atoms with E-state index in [-0.39, 0.29) is 0 Å². The molecule has 1 aromatic heterocycles. The highest BCUT2D eigenvalue weighted by molar-refractivity contribution is 7.19. The molecule has 2 aromatic rings. The van der Waals surface area contributed by atoms with Crippen LogP contribution in [0.4, 0.5) is 5.69 Å². The molecule has 0 bridgehead atoms. The van der Waals surface area contributed by atoms with E-state index >= 15 is 0 Å². The first-order valence-corrected chi connectivity index (χ1v) is 6.39. The lowest BCUT2D eigenvalue weighted by molar-refractivity contribution is -0.104. The second-order valence-corrected chi connectivity index (χ2v) is 5.04. The Labute approximate surface area is 110 Å².